The molecule has 22 heavy (non-hydrogen) atoms. The summed E-state index contributed by atoms with van der Waals surface area (Å²) in [4.78, 5) is 11.9. The summed E-state index contributed by atoms with van der Waals surface area (Å²) >= 11 is 1.43. The lowest BCUT2D eigenvalue weighted by Gasteiger charge is -2.14. The molecule has 114 valence electrons. The van der Waals surface area contributed by atoms with Crippen molar-refractivity contribution >= 4 is 17.7 Å². The minimum atomic E-state index is -0.421. The van der Waals surface area contributed by atoms with Gasteiger partial charge in [-0.3, -0.25) is 4.79 Å². The van der Waals surface area contributed by atoms with Gasteiger partial charge in [0.1, 0.15) is 11.1 Å². The van der Waals surface area contributed by atoms with Gasteiger partial charge >= 0.3 is 0 Å². The van der Waals surface area contributed by atoms with Crippen LogP contribution in [0.1, 0.15) is 54.3 Å². The van der Waals surface area contributed by atoms with Crippen LogP contribution in [0, 0.1) is 0 Å². The van der Waals surface area contributed by atoms with E-state index < -0.39 is 5.25 Å². The molecule has 1 aromatic carbocycles. The predicted molar refractivity (Wildman–Crippen MR) is 84.5 cm³/mol. The van der Waals surface area contributed by atoms with Crippen LogP contribution in [0.3, 0.4) is 0 Å². The molecule has 2 aromatic rings. The van der Waals surface area contributed by atoms with Crippen molar-refractivity contribution in [2.24, 2.45) is 5.73 Å². The average Bonchev–Trinajstić information content (AvgIpc) is 3.44. The Labute approximate surface area is 133 Å². The van der Waals surface area contributed by atoms with E-state index in [1.54, 1.807) is 0 Å². The zero-order valence-electron chi connectivity index (χ0n) is 12.2. The lowest BCUT2D eigenvalue weighted by Crippen LogP contribution is -2.19. The number of benzene rings is 1. The molecule has 0 unspecified atom stereocenters. The smallest absolute Gasteiger partial charge is 0.235 e. The average molecular weight is 314 g/mol. The zero-order chi connectivity index (χ0) is 15.1. The number of primary amides is 1. The van der Waals surface area contributed by atoms with Gasteiger partial charge in [-0.1, -0.05) is 42.1 Å². The van der Waals surface area contributed by atoms with E-state index in [0.29, 0.717) is 12.0 Å². The van der Waals surface area contributed by atoms with Crippen LogP contribution in [0.2, 0.25) is 0 Å². The normalized spacial score (nSPS) is 19.1. The quantitative estimate of drug-likeness (QED) is 0.832. The molecule has 2 fully saturated rings. The van der Waals surface area contributed by atoms with Crippen molar-refractivity contribution in [3.63, 3.8) is 0 Å². The van der Waals surface area contributed by atoms with Gasteiger partial charge < -0.3 is 10.3 Å². The molecule has 6 heteroatoms. The standard InChI is InChI=1S/C16H18N4OS/c17-14(21)13(10-4-2-1-3-5-10)22-16-19-18-15(11-6-7-11)20(16)12-8-9-12/h1-5,11-13H,6-9H2,(H2,17,21)/t13-/m0/s1. The number of nitrogens with zero attached hydrogens (tertiary/aromatic N) is 3. The molecular formula is C16H18N4OS. The molecule has 1 atom stereocenters. The van der Waals surface area contributed by atoms with E-state index in [-0.39, 0.29) is 5.91 Å². The number of carbonyl (C=O) groups excluding carboxylic acids is 1. The van der Waals surface area contributed by atoms with Gasteiger partial charge in [-0.15, -0.1) is 10.2 Å². The number of amides is 1. The largest absolute Gasteiger partial charge is 0.368 e. The van der Waals surface area contributed by atoms with Gasteiger partial charge in [0.25, 0.3) is 0 Å². The number of hydrogen-bond donors (Lipinski definition) is 1. The summed E-state index contributed by atoms with van der Waals surface area (Å²) in [6.45, 7) is 0. The van der Waals surface area contributed by atoms with Crippen molar-refractivity contribution in [2.75, 3.05) is 0 Å². The molecule has 4 rings (SSSR count). The van der Waals surface area contributed by atoms with Gasteiger partial charge in [-0.05, 0) is 31.2 Å². The van der Waals surface area contributed by atoms with Crippen LogP contribution in [0.5, 0.6) is 0 Å². The molecule has 2 saturated carbocycles. The number of aromatic nitrogens is 3. The fourth-order valence-corrected chi connectivity index (χ4v) is 3.75. The monoisotopic (exact) mass is 314 g/mol. The lowest BCUT2D eigenvalue weighted by atomic mass is 10.1. The summed E-state index contributed by atoms with van der Waals surface area (Å²) < 4.78 is 2.25. The van der Waals surface area contributed by atoms with Gasteiger partial charge in [-0.2, -0.15) is 0 Å². The van der Waals surface area contributed by atoms with Crippen LogP contribution >= 0.6 is 11.8 Å². The molecule has 0 aliphatic heterocycles. The fraction of sp³-hybridized carbons (Fsp3) is 0.438. The van der Waals surface area contributed by atoms with Crippen LogP contribution in [-0.4, -0.2) is 20.7 Å². The van der Waals surface area contributed by atoms with E-state index in [9.17, 15) is 4.79 Å². The maximum atomic E-state index is 11.9. The Hall–Kier alpha value is -1.82. The predicted octanol–water partition coefficient (Wildman–Crippen LogP) is 2.81. The topological polar surface area (TPSA) is 73.8 Å². The first kappa shape index (κ1) is 13.8. The molecule has 2 N–H and O–H groups in total. The second-order valence-electron chi connectivity index (χ2n) is 6.03. The first-order valence-electron chi connectivity index (χ1n) is 7.69. The highest BCUT2D eigenvalue weighted by Crippen LogP contribution is 2.47. The van der Waals surface area contributed by atoms with E-state index in [4.69, 9.17) is 5.73 Å². The minimum Gasteiger partial charge on any atom is -0.368 e. The Kier molecular flexibility index (Phi) is 3.41. The first-order chi connectivity index (χ1) is 10.7. The molecule has 0 saturated heterocycles. The Morgan fingerprint density at radius 3 is 2.50 bits per heavy atom. The molecular weight excluding hydrogens is 296 g/mol. The van der Waals surface area contributed by atoms with Crippen LogP contribution in [0.4, 0.5) is 0 Å². The van der Waals surface area contributed by atoms with E-state index in [2.05, 4.69) is 14.8 Å². The summed E-state index contributed by atoms with van der Waals surface area (Å²) in [5.41, 5.74) is 6.54. The molecule has 0 radical (unpaired) electrons. The maximum Gasteiger partial charge on any atom is 0.235 e. The summed E-state index contributed by atoms with van der Waals surface area (Å²) in [6, 6.07) is 10.2. The molecule has 1 heterocycles. The van der Waals surface area contributed by atoms with Crippen molar-refractivity contribution in [3.8, 4) is 0 Å². The van der Waals surface area contributed by atoms with Crippen LogP contribution in [0.15, 0.2) is 35.5 Å². The third-order valence-corrected chi connectivity index (χ3v) is 5.36. The third-order valence-electron chi connectivity index (χ3n) is 4.13. The van der Waals surface area contributed by atoms with E-state index in [0.717, 1.165) is 16.5 Å². The Balaban J connectivity index is 1.65. The van der Waals surface area contributed by atoms with Gasteiger partial charge in [0, 0.05) is 12.0 Å². The molecule has 0 bridgehead atoms. The van der Waals surface area contributed by atoms with E-state index in [1.807, 2.05) is 30.3 Å². The Morgan fingerprint density at radius 2 is 1.91 bits per heavy atom. The van der Waals surface area contributed by atoms with E-state index >= 15 is 0 Å². The minimum absolute atomic E-state index is 0.338. The SMILES string of the molecule is NC(=O)[C@@H](Sc1nnc(C2CC2)n1C1CC1)c1ccccc1. The highest BCUT2D eigenvalue weighted by Gasteiger charge is 2.37. The highest BCUT2D eigenvalue weighted by molar-refractivity contribution is 8.00. The van der Waals surface area contributed by atoms with Crippen molar-refractivity contribution in [3.05, 3.63) is 41.7 Å². The number of rotatable bonds is 6. The second-order valence-corrected chi connectivity index (χ2v) is 7.10. The summed E-state index contributed by atoms with van der Waals surface area (Å²) in [7, 11) is 0. The summed E-state index contributed by atoms with van der Waals surface area (Å²) in [5, 5.41) is 9.15. The Morgan fingerprint density at radius 1 is 1.18 bits per heavy atom. The first-order valence-corrected chi connectivity index (χ1v) is 8.57. The fourth-order valence-electron chi connectivity index (χ4n) is 2.69. The van der Waals surface area contributed by atoms with Gasteiger partial charge in [0.2, 0.25) is 5.91 Å². The third kappa shape index (κ3) is 2.63. The second kappa shape index (κ2) is 5.43. The van der Waals surface area contributed by atoms with Gasteiger partial charge in [0.15, 0.2) is 5.16 Å². The van der Waals surface area contributed by atoms with E-state index in [1.165, 1.54) is 37.4 Å². The summed E-state index contributed by atoms with van der Waals surface area (Å²) in [6.07, 6.45) is 4.76. The van der Waals surface area contributed by atoms with Crippen molar-refractivity contribution < 1.29 is 4.79 Å². The zero-order valence-corrected chi connectivity index (χ0v) is 13.0. The maximum absolute atomic E-state index is 11.9. The van der Waals surface area contributed by atoms with Gasteiger partial charge in [-0.25, -0.2) is 0 Å². The van der Waals surface area contributed by atoms with Crippen molar-refractivity contribution in [1.29, 1.82) is 0 Å². The van der Waals surface area contributed by atoms with Gasteiger partial charge in [0.05, 0.1) is 0 Å². The van der Waals surface area contributed by atoms with Crippen molar-refractivity contribution in [1.82, 2.24) is 14.8 Å². The number of carbonyl (C=O) groups is 1. The van der Waals surface area contributed by atoms with Crippen molar-refractivity contribution in [2.45, 2.75) is 48.0 Å². The number of nitrogens with two attached hydrogens (primary N) is 1. The van der Waals surface area contributed by atoms with Crippen LogP contribution in [-0.2, 0) is 4.79 Å². The molecule has 5 nitrogen and oxygen atoms in total. The molecule has 1 aromatic heterocycles. The molecule has 2 aliphatic carbocycles. The molecule has 1 amide bonds. The highest BCUT2D eigenvalue weighted by atomic mass is 32.2. The molecule has 2 aliphatic rings. The Bertz CT molecular complexity index is 691. The van der Waals surface area contributed by atoms with Crippen LogP contribution < -0.4 is 5.73 Å². The lowest BCUT2D eigenvalue weighted by molar-refractivity contribution is -0.117. The van der Waals surface area contributed by atoms with Crippen LogP contribution in [0.25, 0.3) is 0 Å². The summed E-state index contributed by atoms with van der Waals surface area (Å²) in [5.74, 6) is 1.32. The number of hydrogen-bond acceptors (Lipinski definition) is 4. The molecule has 0 spiro atoms. The number of thioether (sulfide) groups is 1.